The number of thiophene rings is 1. The lowest BCUT2D eigenvalue weighted by Crippen LogP contribution is -2.03. The summed E-state index contributed by atoms with van der Waals surface area (Å²) in [6.07, 6.45) is 5.30. The Labute approximate surface area is 711 Å². The molecule has 0 bridgehead atoms. The van der Waals surface area contributed by atoms with Gasteiger partial charge >= 0.3 is 0 Å². The minimum atomic E-state index is 0.800. The second kappa shape index (κ2) is 27.5. The molecule has 0 aliphatic heterocycles. The summed E-state index contributed by atoms with van der Waals surface area (Å²) in [6.45, 7) is 0. The Morgan fingerprint density at radius 2 is 0.500 bits per heavy atom. The molecule has 17 aromatic carbocycles. The van der Waals surface area contributed by atoms with Crippen LogP contribution >= 0.6 is 11.3 Å². The summed E-state index contributed by atoms with van der Waals surface area (Å²) < 4.78 is 32.7. The van der Waals surface area contributed by atoms with Crippen LogP contribution in [0.2, 0.25) is 0 Å². The zero-order chi connectivity index (χ0) is 81.2. The first-order valence-corrected chi connectivity index (χ1v) is 42.7. The average molecular weight is 1600 g/mol. The zero-order valence-corrected chi connectivity index (χ0v) is 67.4. The molecule has 0 amide bonds. The smallest absolute Gasteiger partial charge is 0.213 e. The number of pyridine rings is 1. The minimum absolute atomic E-state index is 0.800. The SMILES string of the molecule is c1cc(-c2ccc3sc4occc4c3c2)cc(-c2ccc3c4ccccc4c4ccccc4c3c2)c1.c1cc(-n2c3ccccc3c3cc(-n4c5ccccc5c5ccccc54)ccc32)cc(-n2c3ccccc3c3ccoc32)c1.c1cc(-n2c3ccccc3c3cc(-n4c5ccccc5c5ccccc54)ccc32)nc(-n2c3ccccc3c3ccoc32)c1. The van der Waals surface area contributed by atoms with E-state index in [-0.39, 0.29) is 0 Å². The molecule has 0 aliphatic carbocycles. The van der Waals surface area contributed by atoms with Crippen LogP contribution in [0.15, 0.2) is 432 Å². The van der Waals surface area contributed by atoms with E-state index >= 15 is 0 Å². The van der Waals surface area contributed by atoms with Crippen LogP contribution in [0.4, 0.5) is 0 Å². The van der Waals surface area contributed by atoms with E-state index in [1.807, 2.05) is 12.1 Å². The topological polar surface area (TPSA) is 81.9 Å². The first-order valence-electron chi connectivity index (χ1n) is 41.9. The summed E-state index contributed by atoms with van der Waals surface area (Å²) >= 11 is 1.71. The van der Waals surface area contributed by atoms with E-state index in [1.165, 1.54) is 152 Å². The number of aromatic nitrogens is 7. The number of rotatable bonds is 8. The Bertz CT molecular complexity index is 8740. The molecule has 0 saturated heterocycles. The summed E-state index contributed by atoms with van der Waals surface area (Å²) in [4.78, 5) is 6.25. The molecule has 0 atom stereocenters. The van der Waals surface area contributed by atoms with E-state index in [0.717, 1.165) is 88.9 Å². The molecule has 0 spiro atoms. The van der Waals surface area contributed by atoms with Gasteiger partial charge in [0.1, 0.15) is 11.6 Å². The fraction of sp³-hybridized carbons (Fsp3) is 0. The number of benzene rings is 17. The monoisotopic (exact) mass is 1600 g/mol. The molecule has 28 rings (SSSR count). The van der Waals surface area contributed by atoms with Gasteiger partial charge in [-0.25, -0.2) is 4.98 Å². The summed E-state index contributed by atoms with van der Waals surface area (Å²) in [5.41, 5.74) is 22.7. The normalized spacial score (nSPS) is 12.0. The van der Waals surface area contributed by atoms with E-state index in [9.17, 15) is 0 Å². The molecule has 580 valence electrons. The maximum absolute atomic E-state index is 6.02. The van der Waals surface area contributed by atoms with Crippen LogP contribution in [-0.2, 0) is 0 Å². The Morgan fingerprint density at radius 1 is 0.177 bits per heavy atom. The second-order valence-corrected chi connectivity index (χ2v) is 33.1. The highest BCUT2D eigenvalue weighted by Gasteiger charge is 2.24. The second-order valence-electron chi connectivity index (χ2n) is 32.1. The van der Waals surface area contributed by atoms with Gasteiger partial charge in [0.25, 0.3) is 0 Å². The lowest BCUT2D eigenvalue weighted by Gasteiger charge is -2.12. The summed E-state index contributed by atoms with van der Waals surface area (Å²) in [5.74, 6) is 1.67. The number of nitrogens with zero attached hydrogens (tertiary/aromatic N) is 7. The van der Waals surface area contributed by atoms with Crippen molar-refractivity contribution in [2.24, 2.45) is 0 Å². The fourth-order valence-electron chi connectivity index (χ4n) is 20.1. The Balaban J connectivity index is 0.000000100. The predicted octanol–water partition coefficient (Wildman–Crippen LogP) is 31.0. The molecular formula is C113H69N7O3S. The van der Waals surface area contributed by atoms with Gasteiger partial charge < -0.3 is 27.0 Å². The van der Waals surface area contributed by atoms with E-state index < -0.39 is 0 Å². The summed E-state index contributed by atoms with van der Waals surface area (Å²) in [5, 5.41) is 24.7. The van der Waals surface area contributed by atoms with Crippen LogP contribution in [0.25, 0.3) is 241 Å². The first kappa shape index (κ1) is 69.5. The predicted molar refractivity (Wildman–Crippen MR) is 516 cm³/mol. The van der Waals surface area contributed by atoms with Crippen molar-refractivity contribution in [2.45, 2.75) is 0 Å². The minimum Gasteiger partial charge on any atom is -0.454 e. The molecule has 11 heterocycles. The molecule has 0 unspecified atom stereocenters. The van der Waals surface area contributed by atoms with Crippen LogP contribution in [-0.4, -0.2) is 32.4 Å². The molecule has 0 N–H and O–H groups in total. The van der Waals surface area contributed by atoms with Crippen molar-refractivity contribution in [2.75, 3.05) is 0 Å². The highest BCUT2D eigenvalue weighted by atomic mass is 32.1. The van der Waals surface area contributed by atoms with Crippen LogP contribution in [0.1, 0.15) is 0 Å². The number of hydrogen-bond donors (Lipinski definition) is 0. The van der Waals surface area contributed by atoms with E-state index in [0.29, 0.717) is 0 Å². The maximum atomic E-state index is 6.02. The summed E-state index contributed by atoms with van der Waals surface area (Å²) in [6, 6.07) is 144. The quantitative estimate of drug-likeness (QED) is 0.142. The van der Waals surface area contributed by atoms with Gasteiger partial charge in [-0.3, -0.25) is 13.7 Å². The Morgan fingerprint density at radius 3 is 1.00 bits per heavy atom. The van der Waals surface area contributed by atoms with E-state index in [1.54, 1.807) is 30.1 Å². The van der Waals surface area contributed by atoms with Crippen LogP contribution in [0, 0.1) is 0 Å². The molecular weight excluding hydrogens is 1540 g/mol. The molecule has 0 saturated carbocycles. The lowest BCUT2D eigenvalue weighted by atomic mass is 9.91. The molecule has 11 heteroatoms. The van der Waals surface area contributed by atoms with Crippen LogP contribution in [0.3, 0.4) is 0 Å². The Hall–Kier alpha value is -16.5. The van der Waals surface area contributed by atoms with Gasteiger partial charge in [0.2, 0.25) is 11.4 Å². The average Bonchev–Trinajstić information content (AvgIpc) is 1.44. The number of hydrogen-bond acceptors (Lipinski definition) is 5. The Kier molecular flexibility index (Phi) is 15.4. The van der Waals surface area contributed by atoms with Gasteiger partial charge in [-0.05, 0) is 212 Å². The van der Waals surface area contributed by atoms with Gasteiger partial charge in [-0.1, -0.05) is 254 Å². The van der Waals surface area contributed by atoms with Gasteiger partial charge in [0.05, 0.1) is 79.6 Å². The third-order valence-corrected chi connectivity index (χ3v) is 26.5. The van der Waals surface area contributed by atoms with Crippen molar-refractivity contribution in [3.63, 3.8) is 0 Å². The van der Waals surface area contributed by atoms with Crippen LogP contribution in [0.5, 0.6) is 0 Å². The molecule has 0 aliphatic rings. The van der Waals surface area contributed by atoms with Crippen LogP contribution < -0.4 is 0 Å². The van der Waals surface area contributed by atoms with Crippen molar-refractivity contribution < 1.29 is 13.3 Å². The molecule has 124 heavy (non-hydrogen) atoms. The van der Waals surface area contributed by atoms with E-state index in [4.69, 9.17) is 18.2 Å². The van der Waals surface area contributed by atoms with Gasteiger partial charge in [-0.2, -0.15) is 0 Å². The van der Waals surface area contributed by atoms with Crippen molar-refractivity contribution >= 4 is 195 Å². The van der Waals surface area contributed by atoms with Crippen molar-refractivity contribution in [3.8, 4) is 56.6 Å². The van der Waals surface area contributed by atoms with Crippen molar-refractivity contribution in [1.29, 1.82) is 0 Å². The molecule has 28 aromatic rings. The van der Waals surface area contributed by atoms with Gasteiger partial charge in [0.15, 0.2) is 4.90 Å². The van der Waals surface area contributed by atoms with Gasteiger partial charge in [0, 0.05) is 97.2 Å². The number of furan rings is 3. The highest BCUT2D eigenvalue weighted by Crippen LogP contribution is 2.45. The van der Waals surface area contributed by atoms with E-state index in [2.05, 4.69) is 416 Å². The first-order chi connectivity index (χ1) is 61.5. The zero-order valence-electron chi connectivity index (χ0n) is 66.6. The fourth-order valence-corrected chi connectivity index (χ4v) is 21.1. The largest absolute Gasteiger partial charge is 0.454 e. The molecule has 10 nitrogen and oxygen atoms in total. The number of para-hydroxylation sites is 8. The molecule has 0 fully saturated rings. The van der Waals surface area contributed by atoms with Crippen molar-refractivity contribution in [1.82, 2.24) is 32.4 Å². The number of fused-ring (bicyclic) bond motifs is 27. The standard InChI is InChI=1S/C40H25N3O.C39H24N4O.C34H20OS/c1-5-16-35-29(12-1)30-13-2-6-17-36(30)42(35)28-20-21-39-34(25-28)32-15-4-7-18-37(32)41(39)26-10-9-11-27(24-26)43-38-19-8-3-14-31(38)33-22-23-44-40(33)43;1-5-14-32-26(10-1)27-11-2-6-15-33(27)41(32)25-20-21-36-31(24-25)29-13-4-7-16-34(29)42(36)37-18-9-19-38(40-37)43-35-17-8-3-12-28(35)30-22-23-44-39(30)43;1-2-10-27-25(8-1)26-9-3-4-11-28(26)31-19-23(12-14-29(27)31)21-6-5-7-22(18-21)24-13-15-33-32(20-24)30-16-17-35-34(30)36-33/h1-25H;1-24H;1-20H. The molecule has 0 radical (unpaired) electrons. The summed E-state index contributed by atoms with van der Waals surface area (Å²) in [7, 11) is 0. The maximum Gasteiger partial charge on any atom is 0.213 e. The highest BCUT2D eigenvalue weighted by molar-refractivity contribution is 7.25. The lowest BCUT2D eigenvalue weighted by molar-refractivity contribution is 0.594. The van der Waals surface area contributed by atoms with Crippen molar-refractivity contribution in [3.05, 3.63) is 419 Å². The third kappa shape index (κ3) is 10.6. The molecule has 11 aromatic heterocycles. The third-order valence-electron chi connectivity index (χ3n) is 25.5. The van der Waals surface area contributed by atoms with Gasteiger partial charge in [-0.15, -0.1) is 0 Å².